The van der Waals surface area contributed by atoms with Crippen molar-refractivity contribution in [3.8, 4) is 5.69 Å². The van der Waals surface area contributed by atoms with Crippen LogP contribution in [-0.2, 0) is 27.8 Å². The zero-order valence-corrected chi connectivity index (χ0v) is 19.2. The highest BCUT2D eigenvalue weighted by molar-refractivity contribution is 7.88. The number of hydrogen-bond donors (Lipinski definition) is 1. The quantitative estimate of drug-likeness (QED) is 0.504. The molecule has 0 aliphatic carbocycles. The van der Waals surface area contributed by atoms with Gasteiger partial charge < -0.3 is 5.32 Å². The molecule has 0 saturated heterocycles. The number of sulfonamides is 1. The topological polar surface area (TPSA) is 84.3 Å². The number of nitrogens with zero attached hydrogens (tertiary/aromatic N) is 3. The van der Waals surface area contributed by atoms with Gasteiger partial charge in [-0.25, -0.2) is 13.4 Å². The third-order valence-electron chi connectivity index (χ3n) is 6.04. The third kappa shape index (κ3) is 4.03. The summed E-state index contributed by atoms with van der Waals surface area (Å²) in [6, 6.07) is 22.3. The number of aryl methyl sites for hydroxylation is 1. The summed E-state index contributed by atoms with van der Waals surface area (Å²) in [7, 11) is -3.57. The molecule has 1 amide bonds. The molecule has 2 heterocycles. The van der Waals surface area contributed by atoms with Crippen molar-refractivity contribution in [1.82, 2.24) is 13.9 Å². The van der Waals surface area contributed by atoms with Crippen LogP contribution in [0.2, 0.25) is 0 Å². The lowest BCUT2D eigenvalue weighted by atomic mass is 9.95. The minimum absolute atomic E-state index is 0.187. The number of rotatable bonds is 4. The van der Waals surface area contributed by atoms with E-state index in [1.165, 1.54) is 4.31 Å². The van der Waals surface area contributed by atoms with Crippen molar-refractivity contribution in [3.05, 3.63) is 89.7 Å². The van der Waals surface area contributed by atoms with Crippen molar-refractivity contribution in [1.29, 1.82) is 0 Å². The largest absolute Gasteiger partial charge is 0.325 e. The first-order valence-electron chi connectivity index (χ1n) is 10.7. The Morgan fingerprint density at radius 2 is 1.70 bits per heavy atom. The number of carbonyl (C=O) groups excluding carboxylic acids is 1. The zero-order chi connectivity index (χ0) is 23.2. The Morgan fingerprint density at radius 3 is 2.42 bits per heavy atom. The molecule has 0 bridgehead atoms. The molecule has 0 radical (unpaired) electrons. The number of amides is 1. The second kappa shape index (κ2) is 8.13. The highest BCUT2D eigenvalue weighted by Gasteiger charge is 2.36. The van der Waals surface area contributed by atoms with Gasteiger partial charge in [-0.2, -0.15) is 4.31 Å². The van der Waals surface area contributed by atoms with E-state index in [-0.39, 0.29) is 12.5 Å². The molecule has 0 fully saturated rings. The van der Waals surface area contributed by atoms with Gasteiger partial charge in [0.15, 0.2) is 0 Å². The van der Waals surface area contributed by atoms with Gasteiger partial charge in [-0.15, -0.1) is 0 Å². The van der Waals surface area contributed by atoms with Gasteiger partial charge in [0.05, 0.1) is 17.3 Å². The van der Waals surface area contributed by atoms with Gasteiger partial charge in [0.25, 0.3) is 0 Å². The summed E-state index contributed by atoms with van der Waals surface area (Å²) < 4.78 is 28.2. The third-order valence-corrected chi connectivity index (χ3v) is 7.27. The fourth-order valence-electron chi connectivity index (χ4n) is 4.48. The molecule has 0 saturated carbocycles. The number of anilines is 1. The maximum atomic E-state index is 13.2. The molecule has 3 aromatic carbocycles. The second-order valence-corrected chi connectivity index (χ2v) is 10.3. The van der Waals surface area contributed by atoms with Crippen molar-refractivity contribution < 1.29 is 13.2 Å². The van der Waals surface area contributed by atoms with E-state index in [0.29, 0.717) is 12.1 Å². The van der Waals surface area contributed by atoms with E-state index in [2.05, 4.69) is 14.9 Å². The lowest BCUT2D eigenvalue weighted by molar-refractivity contribution is -0.120. The number of carbonyl (C=O) groups is 1. The van der Waals surface area contributed by atoms with E-state index in [4.69, 9.17) is 0 Å². The van der Waals surface area contributed by atoms with Crippen LogP contribution in [0, 0.1) is 6.92 Å². The molecular weight excluding hydrogens is 436 g/mol. The van der Waals surface area contributed by atoms with Crippen LogP contribution in [0.25, 0.3) is 16.7 Å². The number of hydrogen-bond acceptors (Lipinski definition) is 4. The average molecular weight is 461 g/mol. The van der Waals surface area contributed by atoms with Crippen LogP contribution < -0.4 is 5.32 Å². The highest BCUT2D eigenvalue weighted by atomic mass is 32.2. The average Bonchev–Trinajstić information content (AvgIpc) is 3.13. The molecule has 168 valence electrons. The summed E-state index contributed by atoms with van der Waals surface area (Å²) in [4.78, 5) is 17.9. The summed E-state index contributed by atoms with van der Waals surface area (Å²) in [5.74, 6) is 0.486. The first-order valence-corrected chi connectivity index (χ1v) is 12.5. The Balaban J connectivity index is 1.45. The van der Waals surface area contributed by atoms with Crippen LogP contribution in [0.1, 0.15) is 17.0 Å². The second-order valence-electron chi connectivity index (χ2n) is 8.32. The predicted molar refractivity (Wildman–Crippen MR) is 129 cm³/mol. The van der Waals surface area contributed by atoms with Gasteiger partial charge in [-0.05, 0) is 54.8 Å². The molecule has 1 aliphatic rings. The Morgan fingerprint density at radius 1 is 1.00 bits per heavy atom. The Labute approximate surface area is 192 Å². The maximum absolute atomic E-state index is 13.2. The SMILES string of the molecule is Cc1nc2cc(NC(=O)C3Cc4ccccc4CN3S(C)(=O)=O)ccc2n1-c1ccccc1. The minimum Gasteiger partial charge on any atom is -0.325 e. The molecule has 1 N–H and O–H groups in total. The molecule has 8 heteroatoms. The van der Waals surface area contributed by atoms with Crippen LogP contribution in [-0.4, -0.2) is 40.5 Å². The van der Waals surface area contributed by atoms with Crippen molar-refractivity contribution >= 4 is 32.7 Å². The van der Waals surface area contributed by atoms with E-state index >= 15 is 0 Å². The number of fused-ring (bicyclic) bond motifs is 2. The van der Waals surface area contributed by atoms with Crippen LogP contribution >= 0.6 is 0 Å². The summed E-state index contributed by atoms with van der Waals surface area (Å²) in [5.41, 5.74) is 5.20. The molecule has 1 aliphatic heterocycles. The Hall–Kier alpha value is -3.49. The first kappa shape index (κ1) is 21.4. The van der Waals surface area contributed by atoms with Crippen LogP contribution in [0.5, 0.6) is 0 Å². The van der Waals surface area contributed by atoms with Crippen LogP contribution in [0.4, 0.5) is 5.69 Å². The summed E-state index contributed by atoms with van der Waals surface area (Å²) >= 11 is 0. The van der Waals surface area contributed by atoms with Crippen molar-refractivity contribution in [2.75, 3.05) is 11.6 Å². The molecule has 5 rings (SSSR count). The summed E-state index contributed by atoms with van der Waals surface area (Å²) in [6.45, 7) is 2.13. The van der Waals surface area contributed by atoms with Gasteiger partial charge in [-0.3, -0.25) is 9.36 Å². The lowest BCUT2D eigenvalue weighted by Gasteiger charge is -2.34. The molecule has 7 nitrogen and oxygen atoms in total. The van der Waals surface area contributed by atoms with Gasteiger partial charge in [-0.1, -0.05) is 42.5 Å². The monoisotopic (exact) mass is 460 g/mol. The fourth-order valence-corrected chi connectivity index (χ4v) is 5.48. The van der Waals surface area contributed by atoms with Crippen molar-refractivity contribution in [2.45, 2.75) is 25.9 Å². The minimum atomic E-state index is -3.57. The number of nitrogens with one attached hydrogen (secondary N) is 1. The van der Waals surface area contributed by atoms with Crippen LogP contribution in [0.3, 0.4) is 0 Å². The number of para-hydroxylation sites is 1. The van der Waals surface area contributed by atoms with E-state index in [1.54, 1.807) is 0 Å². The van der Waals surface area contributed by atoms with Gasteiger partial charge >= 0.3 is 0 Å². The number of aromatic nitrogens is 2. The standard InChI is InChI=1S/C25H24N4O3S/c1-17-26-22-15-20(12-13-23(22)29(17)21-10-4-3-5-11-21)27-25(30)24-14-18-8-6-7-9-19(18)16-28(24)33(2,31)32/h3-13,15,24H,14,16H2,1-2H3,(H,27,30). The Bertz CT molecular complexity index is 1460. The summed E-state index contributed by atoms with van der Waals surface area (Å²) in [5, 5.41) is 2.91. The molecule has 33 heavy (non-hydrogen) atoms. The predicted octanol–water partition coefficient (Wildman–Crippen LogP) is 3.66. The molecule has 1 atom stereocenters. The van der Waals surface area contributed by atoms with Crippen molar-refractivity contribution in [2.24, 2.45) is 0 Å². The molecule has 0 spiro atoms. The van der Waals surface area contributed by atoms with Gasteiger partial charge in [0.2, 0.25) is 15.9 Å². The Kier molecular flexibility index (Phi) is 5.26. The molecule has 1 aromatic heterocycles. The van der Waals surface area contributed by atoms with Gasteiger partial charge in [0.1, 0.15) is 11.9 Å². The lowest BCUT2D eigenvalue weighted by Crippen LogP contribution is -2.50. The first-order chi connectivity index (χ1) is 15.8. The van der Waals surface area contributed by atoms with E-state index in [1.807, 2.05) is 79.7 Å². The van der Waals surface area contributed by atoms with E-state index in [9.17, 15) is 13.2 Å². The van der Waals surface area contributed by atoms with Crippen LogP contribution in [0.15, 0.2) is 72.8 Å². The fraction of sp³-hybridized carbons (Fsp3) is 0.200. The molecule has 1 unspecified atom stereocenters. The normalized spacial score (nSPS) is 16.5. The molecule has 4 aromatic rings. The smallest absolute Gasteiger partial charge is 0.243 e. The van der Waals surface area contributed by atoms with E-state index in [0.717, 1.165) is 39.9 Å². The van der Waals surface area contributed by atoms with Gasteiger partial charge in [0, 0.05) is 17.9 Å². The highest BCUT2D eigenvalue weighted by Crippen LogP contribution is 2.28. The summed E-state index contributed by atoms with van der Waals surface area (Å²) in [6.07, 6.45) is 1.48. The zero-order valence-electron chi connectivity index (χ0n) is 18.4. The molecular formula is C25H24N4O3S. The number of benzene rings is 3. The maximum Gasteiger partial charge on any atom is 0.243 e. The van der Waals surface area contributed by atoms with Crippen molar-refractivity contribution in [3.63, 3.8) is 0 Å². The van der Waals surface area contributed by atoms with E-state index < -0.39 is 16.1 Å². The number of imidazole rings is 1.